The van der Waals surface area contributed by atoms with Crippen molar-refractivity contribution in [2.45, 2.75) is 96.7 Å². The minimum absolute atomic E-state index is 0.219. The summed E-state index contributed by atoms with van der Waals surface area (Å²) in [5.74, 6) is -1.26. The van der Waals surface area contributed by atoms with Crippen molar-refractivity contribution in [3.8, 4) is 0 Å². The lowest BCUT2D eigenvalue weighted by molar-refractivity contribution is -0.137. The summed E-state index contributed by atoms with van der Waals surface area (Å²) < 4.78 is 0. The quantitative estimate of drug-likeness (QED) is 0.282. The van der Waals surface area contributed by atoms with E-state index in [1.165, 1.54) is 0 Å². The summed E-state index contributed by atoms with van der Waals surface area (Å²) in [6, 6.07) is -1.56. The predicted molar refractivity (Wildman–Crippen MR) is 132 cm³/mol. The highest BCUT2D eigenvalue weighted by atomic mass is 16.2. The van der Waals surface area contributed by atoms with Gasteiger partial charge in [0, 0.05) is 19.0 Å². The number of nitrogens with two attached hydrogens (primary N) is 1. The van der Waals surface area contributed by atoms with Gasteiger partial charge in [0.1, 0.15) is 17.6 Å². The van der Waals surface area contributed by atoms with Crippen molar-refractivity contribution in [2.24, 2.45) is 11.7 Å². The van der Waals surface area contributed by atoms with Crippen LogP contribution in [-0.2, 0) is 19.2 Å². The van der Waals surface area contributed by atoms with Gasteiger partial charge in [-0.15, -0.1) is 0 Å². The topological polar surface area (TPSA) is 154 Å². The number of hydrogen-bond acceptors (Lipinski definition) is 6. The van der Waals surface area contributed by atoms with E-state index < -0.39 is 29.4 Å². The second-order valence-electron chi connectivity index (χ2n) is 9.52. The lowest BCUT2D eigenvalue weighted by Gasteiger charge is -2.32. The van der Waals surface area contributed by atoms with Crippen LogP contribution < -0.4 is 32.3 Å². The fourth-order valence-electron chi connectivity index (χ4n) is 3.71. The molecule has 0 saturated carbocycles. The first-order valence-electron chi connectivity index (χ1n) is 12.4. The molecule has 1 aliphatic heterocycles. The Labute approximate surface area is 203 Å². The number of hydrogen-bond donors (Lipinski definition) is 6. The molecule has 0 spiro atoms. The van der Waals surface area contributed by atoms with Crippen LogP contribution in [0.3, 0.4) is 0 Å². The van der Waals surface area contributed by atoms with Gasteiger partial charge in [-0.2, -0.15) is 0 Å². The van der Waals surface area contributed by atoms with Crippen molar-refractivity contribution < 1.29 is 19.2 Å². The molecule has 10 nitrogen and oxygen atoms in total. The summed E-state index contributed by atoms with van der Waals surface area (Å²) in [4.78, 5) is 51.5. The van der Waals surface area contributed by atoms with Gasteiger partial charge in [0.15, 0.2) is 0 Å². The van der Waals surface area contributed by atoms with E-state index in [9.17, 15) is 19.2 Å². The molecule has 10 heteroatoms. The van der Waals surface area contributed by atoms with Gasteiger partial charge in [-0.05, 0) is 39.0 Å². The highest BCUT2D eigenvalue weighted by Gasteiger charge is 2.37. The molecule has 1 heterocycles. The van der Waals surface area contributed by atoms with Crippen LogP contribution >= 0.6 is 0 Å². The molecule has 0 aromatic carbocycles. The first-order valence-corrected chi connectivity index (χ1v) is 12.4. The van der Waals surface area contributed by atoms with Gasteiger partial charge in [0.25, 0.3) is 0 Å². The Morgan fingerprint density at radius 1 is 1.12 bits per heavy atom. The Bertz CT molecular complexity index is 726. The van der Waals surface area contributed by atoms with Gasteiger partial charge >= 0.3 is 0 Å². The van der Waals surface area contributed by atoms with Gasteiger partial charge in [0.05, 0.1) is 5.82 Å². The molecular formula is C24H44N6O4. The molecule has 4 amide bonds. The molecule has 1 rings (SSSR count). The molecule has 7 N–H and O–H groups in total. The van der Waals surface area contributed by atoms with Crippen LogP contribution in [0.1, 0.15) is 79.1 Å². The summed E-state index contributed by atoms with van der Waals surface area (Å²) in [7, 11) is 0. The molecule has 1 saturated heterocycles. The predicted octanol–water partition coefficient (Wildman–Crippen LogP) is 0.777. The molecule has 0 unspecified atom stereocenters. The minimum atomic E-state index is -1.15. The van der Waals surface area contributed by atoms with E-state index in [-0.39, 0.29) is 17.7 Å². The maximum absolute atomic E-state index is 13.4. The molecule has 1 fully saturated rings. The van der Waals surface area contributed by atoms with E-state index in [1.807, 2.05) is 6.92 Å². The van der Waals surface area contributed by atoms with Crippen LogP contribution in [0.15, 0.2) is 12.4 Å². The molecule has 0 aromatic rings. The Balaban J connectivity index is 3.14. The van der Waals surface area contributed by atoms with Crippen molar-refractivity contribution in [3.63, 3.8) is 0 Å². The lowest BCUT2D eigenvalue weighted by atomic mass is 9.91. The zero-order chi connectivity index (χ0) is 25.7. The number of carbonyl (C=O) groups is 4. The Morgan fingerprint density at radius 2 is 1.79 bits per heavy atom. The van der Waals surface area contributed by atoms with Crippen molar-refractivity contribution in [1.82, 2.24) is 26.6 Å². The summed E-state index contributed by atoms with van der Waals surface area (Å²) >= 11 is 0. The van der Waals surface area contributed by atoms with Crippen LogP contribution in [0.25, 0.3) is 0 Å². The van der Waals surface area contributed by atoms with E-state index in [0.717, 1.165) is 25.7 Å². The van der Waals surface area contributed by atoms with Gasteiger partial charge in [-0.3, -0.25) is 19.2 Å². The van der Waals surface area contributed by atoms with Crippen LogP contribution in [0.2, 0.25) is 0 Å². The third-order valence-electron chi connectivity index (χ3n) is 6.01. The standard InChI is InChI=1S/C24H44N6O4/c1-6-18-21(32)27-14-10-8-7-9-13-24(5,30-20(31)16(2)3)23(34)29-19(22(33)28-18)12-11-15-26-17(4)25/h16,18-19,26H,4,6-15,25H2,1-3,5H3,(H,27,32)(H,28,33)(H,29,34)(H,30,31)/t18-,19-,24+/m0/s1. The highest BCUT2D eigenvalue weighted by molar-refractivity contribution is 5.96. The van der Waals surface area contributed by atoms with Crippen LogP contribution in [-0.4, -0.2) is 54.3 Å². The van der Waals surface area contributed by atoms with E-state index in [4.69, 9.17) is 5.73 Å². The van der Waals surface area contributed by atoms with Gasteiger partial charge < -0.3 is 32.3 Å². The third kappa shape index (κ3) is 10.0. The highest BCUT2D eigenvalue weighted by Crippen LogP contribution is 2.18. The molecular weight excluding hydrogens is 436 g/mol. The summed E-state index contributed by atoms with van der Waals surface area (Å²) in [5.41, 5.74) is 4.38. The second kappa shape index (κ2) is 14.5. The van der Waals surface area contributed by atoms with Gasteiger partial charge in [-0.1, -0.05) is 46.6 Å². The second-order valence-corrected chi connectivity index (χ2v) is 9.52. The average Bonchev–Trinajstić information content (AvgIpc) is 2.77. The van der Waals surface area contributed by atoms with Crippen molar-refractivity contribution in [3.05, 3.63) is 12.4 Å². The molecule has 0 bridgehead atoms. The monoisotopic (exact) mass is 480 g/mol. The van der Waals surface area contributed by atoms with Crippen molar-refractivity contribution in [2.75, 3.05) is 13.1 Å². The summed E-state index contributed by atoms with van der Waals surface area (Å²) in [6.45, 7) is 11.7. The van der Waals surface area contributed by atoms with Crippen molar-refractivity contribution >= 4 is 23.6 Å². The lowest BCUT2D eigenvalue weighted by Crippen LogP contribution is -2.61. The smallest absolute Gasteiger partial charge is 0.246 e. The maximum Gasteiger partial charge on any atom is 0.246 e. The number of nitrogens with one attached hydrogen (secondary N) is 5. The molecule has 1 aliphatic rings. The molecule has 194 valence electrons. The largest absolute Gasteiger partial charge is 0.386 e. The van der Waals surface area contributed by atoms with E-state index in [2.05, 4.69) is 33.2 Å². The Hall–Kier alpha value is -2.78. The van der Waals surface area contributed by atoms with Crippen LogP contribution in [0, 0.1) is 5.92 Å². The fraction of sp³-hybridized carbons (Fsp3) is 0.750. The SMILES string of the molecule is C=C(N)NCCC[C@@H]1NC(=O)[C@](C)(NC(=O)C(C)C)CCCCCCNC(=O)[C@H](CC)NC1=O. The molecule has 0 aliphatic carbocycles. The fourth-order valence-corrected chi connectivity index (χ4v) is 3.71. The van der Waals surface area contributed by atoms with Crippen molar-refractivity contribution in [1.29, 1.82) is 0 Å². The summed E-state index contributed by atoms with van der Waals surface area (Å²) in [5, 5.41) is 14.3. The van der Waals surface area contributed by atoms with Gasteiger partial charge in [-0.25, -0.2) is 0 Å². The summed E-state index contributed by atoms with van der Waals surface area (Å²) in [6.07, 6.45) is 5.02. The maximum atomic E-state index is 13.4. The Morgan fingerprint density at radius 3 is 2.41 bits per heavy atom. The van der Waals surface area contributed by atoms with E-state index >= 15 is 0 Å². The van der Waals surface area contributed by atoms with Crippen LogP contribution in [0.4, 0.5) is 0 Å². The Kier molecular flexibility index (Phi) is 12.5. The first-order chi connectivity index (χ1) is 16.0. The number of rotatable bonds is 8. The normalized spacial score (nSPS) is 25.3. The zero-order valence-electron chi connectivity index (χ0n) is 21.2. The average molecular weight is 481 g/mol. The third-order valence-corrected chi connectivity index (χ3v) is 6.01. The van der Waals surface area contributed by atoms with Gasteiger partial charge in [0.2, 0.25) is 23.6 Å². The minimum Gasteiger partial charge on any atom is -0.386 e. The zero-order valence-corrected chi connectivity index (χ0v) is 21.2. The van der Waals surface area contributed by atoms with E-state index in [1.54, 1.807) is 20.8 Å². The van der Waals surface area contributed by atoms with E-state index in [0.29, 0.717) is 44.6 Å². The number of amides is 4. The first kappa shape index (κ1) is 29.3. The molecule has 3 atom stereocenters. The molecule has 0 radical (unpaired) electrons. The van der Waals surface area contributed by atoms with Crippen LogP contribution in [0.5, 0.6) is 0 Å². The molecule has 34 heavy (non-hydrogen) atoms. The molecule has 0 aromatic heterocycles. The number of carbonyl (C=O) groups excluding carboxylic acids is 4.